The van der Waals surface area contributed by atoms with Crippen molar-refractivity contribution in [1.82, 2.24) is 4.31 Å². The molecule has 0 bridgehead atoms. The maximum absolute atomic E-state index is 11.4. The highest BCUT2D eigenvalue weighted by atomic mass is 32.2. The van der Waals surface area contributed by atoms with Crippen LogP contribution in [0.15, 0.2) is 0 Å². The number of sulfone groups is 1. The average molecular weight is 273 g/mol. The van der Waals surface area contributed by atoms with Crippen molar-refractivity contribution < 1.29 is 27.0 Å². The van der Waals surface area contributed by atoms with Crippen LogP contribution in [0.2, 0.25) is 0 Å². The Bertz CT molecular complexity index is 469. The molecule has 2 N–H and O–H groups in total. The van der Waals surface area contributed by atoms with Gasteiger partial charge in [0.15, 0.2) is 9.84 Å². The van der Waals surface area contributed by atoms with Crippen molar-refractivity contribution in [2.24, 2.45) is 0 Å². The molecule has 96 valence electrons. The number of hydrogen-bond acceptors (Lipinski definition) is 6. The smallest absolute Gasteiger partial charge is 0.211 e. The van der Waals surface area contributed by atoms with E-state index < -0.39 is 43.9 Å². The summed E-state index contributed by atoms with van der Waals surface area (Å²) in [5, 5.41) is 17.6. The van der Waals surface area contributed by atoms with Crippen LogP contribution in [0.5, 0.6) is 0 Å². The van der Waals surface area contributed by atoms with Gasteiger partial charge < -0.3 is 10.2 Å². The van der Waals surface area contributed by atoms with E-state index in [9.17, 15) is 21.9 Å². The highest BCUT2D eigenvalue weighted by Crippen LogP contribution is 2.28. The molecule has 1 fully saturated rings. The van der Waals surface area contributed by atoms with Gasteiger partial charge >= 0.3 is 0 Å². The number of rotatable bonds is 3. The lowest BCUT2D eigenvalue weighted by atomic mass is 10.1. The van der Waals surface area contributed by atoms with Gasteiger partial charge in [-0.3, -0.25) is 0 Å². The third-order valence-electron chi connectivity index (χ3n) is 2.68. The van der Waals surface area contributed by atoms with Crippen molar-refractivity contribution in [3.63, 3.8) is 0 Å². The van der Waals surface area contributed by atoms with E-state index >= 15 is 0 Å². The van der Waals surface area contributed by atoms with Crippen LogP contribution in [-0.4, -0.2) is 74.4 Å². The summed E-state index contributed by atoms with van der Waals surface area (Å²) >= 11 is 0. The van der Waals surface area contributed by atoms with Crippen LogP contribution in [0.1, 0.15) is 0 Å². The third kappa shape index (κ3) is 2.54. The topological polar surface area (TPSA) is 112 Å². The van der Waals surface area contributed by atoms with Crippen LogP contribution in [0.25, 0.3) is 0 Å². The predicted molar refractivity (Wildman–Crippen MR) is 57.1 cm³/mol. The molecule has 2 atom stereocenters. The van der Waals surface area contributed by atoms with Crippen molar-refractivity contribution in [2.75, 3.05) is 32.2 Å². The predicted octanol–water partition coefficient (Wildman–Crippen LogP) is -2.60. The summed E-state index contributed by atoms with van der Waals surface area (Å²) in [5.41, 5.74) is -1.92. The Kier molecular flexibility index (Phi) is 3.39. The zero-order valence-electron chi connectivity index (χ0n) is 8.99. The monoisotopic (exact) mass is 273 g/mol. The zero-order valence-corrected chi connectivity index (χ0v) is 10.6. The number of nitrogens with zero attached hydrogens (tertiary/aromatic N) is 1. The van der Waals surface area contributed by atoms with Gasteiger partial charge in [-0.2, -0.15) is 4.31 Å². The van der Waals surface area contributed by atoms with E-state index in [0.29, 0.717) is 0 Å². The van der Waals surface area contributed by atoms with Gasteiger partial charge in [0.2, 0.25) is 10.0 Å². The first-order chi connectivity index (χ1) is 7.00. The fourth-order valence-corrected chi connectivity index (χ4v) is 4.13. The summed E-state index contributed by atoms with van der Waals surface area (Å²) in [4.78, 5) is 0. The Morgan fingerprint density at radius 1 is 1.31 bits per heavy atom. The van der Waals surface area contributed by atoms with Gasteiger partial charge in [0, 0.05) is 19.3 Å². The summed E-state index contributed by atoms with van der Waals surface area (Å²) in [7, 11) is -7.21. The molecule has 0 radical (unpaired) electrons. The molecule has 1 rings (SSSR count). The molecule has 0 aromatic heterocycles. The minimum absolute atomic E-state index is 0.325. The first-order valence-electron chi connectivity index (χ1n) is 4.48. The molecule has 1 heterocycles. The Hall–Kier alpha value is -0.220. The summed E-state index contributed by atoms with van der Waals surface area (Å²) in [5.74, 6) is 0. The standard InChI is InChI=1S/C7H15NO6S2/c1-15(11,12)6-3-8(16(2,13)14)4-7(6,10)5-9/h6,9-10H,3-5H2,1-2H3/t6-,7-/m0/s1. The molecule has 0 spiro atoms. The van der Waals surface area contributed by atoms with Gasteiger partial charge in [0.05, 0.1) is 12.9 Å². The summed E-state index contributed by atoms with van der Waals surface area (Å²) in [6, 6.07) is 0. The lowest BCUT2D eigenvalue weighted by Crippen LogP contribution is -2.48. The molecule has 0 amide bonds. The molecule has 7 nitrogen and oxygen atoms in total. The molecular formula is C7H15NO6S2. The molecule has 16 heavy (non-hydrogen) atoms. The highest BCUT2D eigenvalue weighted by molar-refractivity contribution is 7.91. The average Bonchev–Trinajstić information content (AvgIpc) is 2.42. The van der Waals surface area contributed by atoms with E-state index in [1.54, 1.807) is 0 Å². The van der Waals surface area contributed by atoms with Gasteiger partial charge in [-0.25, -0.2) is 16.8 Å². The Labute approximate surface area is 94.7 Å². The van der Waals surface area contributed by atoms with Crippen LogP contribution in [0.4, 0.5) is 0 Å². The number of aliphatic hydroxyl groups excluding tert-OH is 1. The normalized spacial score (nSPS) is 33.1. The van der Waals surface area contributed by atoms with Crippen LogP contribution >= 0.6 is 0 Å². The van der Waals surface area contributed by atoms with Crippen molar-refractivity contribution in [2.45, 2.75) is 10.9 Å². The minimum atomic E-state index is -3.63. The van der Waals surface area contributed by atoms with Crippen LogP contribution in [-0.2, 0) is 19.9 Å². The molecule has 9 heteroatoms. The summed E-state index contributed by atoms with van der Waals surface area (Å²) in [6.07, 6.45) is 1.83. The lowest BCUT2D eigenvalue weighted by Gasteiger charge is -2.24. The van der Waals surface area contributed by atoms with Gasteiger partial charge in [-0.1, -0.05) is 0 Å². The first kappa shape index (κ1) is 13.8. The van der Waals surface area contributed by atoms with Gasteiger partial charge in [0.25, 0.3) is 0 Å². The molecule has 0 aromatic rings. The summed E-state index contributed by atoms with van der Waals surface area (Å²) < 4.78 is 46.1. The van der Waals surface area contributed by atoms with Crippen molar-refractivity contribution in [1.29, 1.82) is 0 Å². The van der Waals surface area contributed by atoms with E-state index in [-0.39, 0.29) is 6.54 Å². The molecule has 1 saturated heterocycles. The van der Waals surface area contributed by atoms with E-state index in [4.69, 9.17) is 5.11 Å². The SMILES string of the molecule is CS(=O)(=O)[C@H]1CN(S(C)(=O)=O)C[C@]1(O)CO. The third-order valence-corrected chi connectivity index (χ3v) is 5.52. The van der Waals surface area contributed by atoms with Crippen molar-refractivity contribution in [3.8, 4) is 0 Å². The van der Waals surface area contributed by atoms with E-state index in [1.807, 2.05) is 0 Å². The van der Waals surface area contributed by atoms with Crippen LogP contribution in [0.3, 0.4) is 0 Å². The molecule has 1 aliphatic rings. The van der Waals surface area contributed by atoms with Crippen molar-refractivity contribution >= 4 is 19.9 Å². The fourth-order valence-electron chi connectivity index (χ4n) is 1.76. The van der Waals surface area contributed by atoms with E-state index in [1.165, 1.54) is 0 Å². The molecule has 0 aromatic carbocycles. The van der Waals surface area contributed by atoms with E-state index in [2.05, 4.69) is 0 Å². The second kappa shape index (κ2) is 3.91. The number of β-amino-alcohol motifs (C(OH)–C–C–N with tert-alkyl or cyclic N) is 1. The molecule has 0 aliphatic carbocycles. The molecule has 1 aliphatic heterocycles. The fraction of sp³-hybridized carbons (Fsp3) is 1.00. The highest BCUT2D eigenvalue weighted by Gasteiger charge is 2.52. The van der Waals surface area contributed by atoms with Gasteiger partial charge in [-0.05, 0) is 0 Å². The second-order valence-corrected chi connectivity index (χ2v) is 8.35. The Morgan fingerprint density at radius 2 is 1.81 bits per heavy atom. The van der Waals surface area contributed by atoms with Gasteiger partial charge in [-0.15, -0.1) is 0 Å². The quantitative estimate of drug-likeness (QED) is 0.583. The van der Waals surface area contributed by atoms with Crippen LogP contribution < -0.4 is 0 Å². The largest absolute Gasteiger partial charge is 0.393 e. The van der Waals surface area contributed by atoms with Gasteiger partial charge in [0.1, 0.15) is 10.9 Å². The van der Waals surface area contributed by atoms with E-state index in [0.717, 1.165) is 16.8 Å². The minimum Gasteiger partial charge on any atom is -0.393 e. The number of hydrogen-bond donors (Lipinski definition) is 2. The Morgan fingerprint density at radius 3 is 2.06 bits per heavy atom. The summed E-state index contributed by atoms with van der Waals surface area (Å²) in [6.45, 7) is -1.52. The molecule has 0 saturated carbocycles. The second-order valence-electron chi connectivity index (χ2n) is 4.14. The maximum atomic E-state index is 11.4. The molecular weight excluding hydrogens is 258 g/mol. The Balaban J connectivity index is 3.13. The number of aliphatic hydroxyl groups is 2. The number of sulfonamides is 1. The first-order valence-corrected chi connectivity index (χ1v) is 8.28. The van der Waals surface area contributed by atoms with Crippen LogP contribution in [0, 0.1) is 0 Å². The zero-order chi connectivity index (χ0) is 12.8. The molecule has 0 unspecified atom stereocenters. The lowest BCUT2D eigenvalue weighted by molar-refractivity contribution is 0.00174. The van der Waals surface area contributed by atoms with Crippen molar-refractivity contribution in [3.05, 3.63) is 0 Å². The maximum Gasteiger partial charge on any atom is 0.211 e.